The standard InChI is InChI=1S/C22H46O7/c1-3-5-6-8-22(7-4-2)21-29-20-19-28-18-17-27-16-15-26-14-13-25-12-11-24-10-9-23/h22-23H,3-21H2,1-2H3. The van der Waals surface area contributed by atoms with E-state index in [-0.39, 0.29) is 6.61 Å². The maximum absolute atomic E-state index is 8.55. The minimum Gasteiger partial charge on any atom is -0.394 e. The SMILES string of the molecule is CCCCCC(CCC)COCCOCCOCCOCCOCCOCCO. The van der Waals surface area contributed by atoms with Crippen LogP contribution in [-0.2, 0) is 28.4 Å². The van der Waals surface area contributed by atoms with Gasteiger partial charge in [0, 0.05) is 6.61 Å². The first-order chi connectivity index (χ1) is 14.3. The summed E-state index contributed by atoms with van der Waals surface area (Å²) in [4.78, 5) is 0. The third-order valence-corrected chi connectivity index (χ3v) is 4.36. The highest BCUT2D eigenvalue weighted by Crippen LogP contribution is 2.16. The Labute approximate surface area is 178 Å². The van der Waals surface area contributed by atoms with E-state index in [1.165, 1.54) is 38.5 Å². The summed E-state index contributed by atoms with van der Waals surface area (Å²) in [5.41, 5.74) is 0. The lowest BCUT2D eigenvalue weighted by Gasteiger charge is -2.16. The van der Waals surface area contributed by atoms with Gasteiger partial charge in [0.25, 0.3) is 0 Å². The maximum atomic E-state index is 8.55. The lowest BCUT2D eigenvalue weighted by molar-refractivity contribution is -0.0199. The summed E-state index contributed by atoms with van der Waals surface area (Å²) in [5.74, 6) is 0.694. The summed E-state index contributed by atoms with van der Waals surface area (Å²) < 4.78 is 32.6. The van der Waals surface area contributed by atoms with Crippen LogP contribution in [0.5, 0.6) is 0 Å². The third-order valence-electron chi connectivity index (χ3n) is 4.36. The number of aliphatic hydroxyl groups is 1. The monoisotopic (exact) mass is 422 g/mol. The number of aliphatic hydroxyl groups excluding tert-OH is 1. The molecule has 0 bridgehead atoms. The molecule has 0 aliphatic carbocycles. The molecule has 0 saturated carbocycles. The number of hydrogen-bond donors (Lipinski definition) is 1. The van der Waals surface area contributed by atoms with Crippen LogP contribution in [0.4, 0.5) is 0 Å². The van der Waals surface area contributed by atoms with Crippen LogP contribution < -0.4 is 0 Å². The molecule has 0 rings (SSSR count). The van der Waals surface area contributed by atoms with E-state index in [0.717, 1.165) is 6.61 Å². The summed E-state index contributed by atoms with van der Waals surface area (Å²) in [6.07, 6.45) is 7.68. The second kappa shape index (κ2) is 25.8. The van der Waals surface area contributed by atoms with Crippen LogP contribution in [0.15, 0.2) is 0 Å². The van der Waals surface area contributed by atoms with E-state index >= 15 is 0 Å². The molecule has 0 aromatic carbocycles. The first-order valence-corrected chi connectivity index (χ1v) is 11.4. The molecule has 0 spiro atoms. The minimum atomic E-state index is 0.0423. The van der Waals surface area contributed by atoms with Gasteiger partial charge in [0.05, 0.1) is 79.3 Å². The van der Waals surface area contributed by atoms with Gasteiger partial charge in [0.1, 0.15) is 0 Å². The fourth-order valence-electron chi connectivity index (χ4n) is 2.82. The molecule has 1 unspecified atom stereocenters. The largest absolute Gasteiger partial charge is 0.394 e. The predicted molar refractivity (Wildman–Crippen MR) is 115 cm³/mol. The van der Waals surface area contributed by atoms with Gasteiger partial charge in [0.2, 0.25) is 0 Å². The van der Waals surface area contributed by atoms with Crippen molar-refractivity contribution in [2.75, 3.05) is 85.9 Å². The zero-order valence-corrected chi connectivity index (χ0v) is 18.9. The lowest BCUT2D eigenvalue weighted by atomic mass is 9.97. The fourth-order valence-corrected chi connectivity index (χ4v) is 2.82. The van der Waals surface area contributed by atoms with Crippen LogP contribution in [0.25, 0.3) is 0 Å². The van der Waals surface area contributed by atoms with Crippen molar-refractivity contribution in [3.63, 3.8) is 0 Å². The molecule has 0 amide bonds. The molecule has 0 heterocycles. The Bertz CT molecular complexity index is 292. The summed E-state index contributed by atoms with van der Waals surface area (Å²) in [7, 11) is 0. The Balaban J connectivity index is 3.21. The molecular weight excluding hydrogens is 376 g/mol. The summed E-state index contributed by atoms with van der Waals surface area (Å²) in [6, 6.07) is 0. The summed E-state index contributed by atoms with van der Waals surface area (Å²) >= 11 is 0. The molecule has 0 radical (unpaired) electrons. The van der Waals surface area contributed by atoms with Crippen molar-refractivity contribution in [1.29, 1.82) is 0 Å². The molecular formula is C22H46O7. The Hall–Kier alpha value is -0.280. The fraction of sp³-hybridized carbons (Fsp3) is 1.00. The van der Waals surface area contributed by atoms with E-state index in [0.29, 0.717) is 78.6 Å². The van der Waals surface area contributed by atoms with Gasteiger partial charge in [-0.1, -0.05) is 39.5 Å². The van der Waals surface area contributed by atoms with Crippen molar-refractivity contribution < 1.29 is 33.5 Å². The molecule has 0 fully saturated rings. The van der Waals surface area contributed by atoms with Crippen molar-refractivity contribution in [3.05, 3.63) is 0 Å². The van der Waals surface area contributed by atoms with Gasteiger partial charge >= 0.3 is 0 Å². The quantitative estimate of drug-likeness (QED) is 0.227. The molecule has 29 heavy (non-hydrogen) atoms. The molecule has 0 saturated heterocycles. The molecule has 0 aliphatic rings. The molecule has 0 aromatic rings. The van der Waals surface area contributed by atoms with Gasteiger partial charge < -0.3 is 33.5 Å². The Kier molecular flexibility index (Phi) is 25.5. The van der Waals surface area contributed by atoms with E-state index in [1.807, 2.05) is 0 Å². The van der Waals surface area contributed by atoms with E-state index < -0.39 is 0 Å². The Morgan fingerprint density at radius 1 is 0.517 bits per heavy atom. The number of hydrogen-bond acceptors (Lipinski definition) is 7. The van der Waals surface area contributed by atoms with Gasteiger partial charge in [-0.3, -0.25) is 0 Å². The van der Waals surface area contributed by atoms with E-state index in [1.54, 1.807) is 0 Å². The molecule has 1 N–H and O–H groups in total. The lowest BCUT2D eigenvalue weighted by Crippen LogP contribution is -2.15. The van der Waals surface area contributed by atoms with Crippen LogP contribution in [-0.4, -0.2) is 91.0 Å². The second-order valence-corrected chi connectivity index (χ2v) is 7.01. The topological polar surface area (TPSA) is 75.6 Å². The average Bonchev–Trinajstić information content (AvgIpc) is 2.73. The molecule has 7 nitrogen and oxygen atoms in total. The molecule has 1 atom stereocenters. The van der Waals surface area contributed by atoms with Crippen LogP contribution in [0.1, 0.15) is 52.4 Å². The van der Waals surface area contributed by atoms with Crippen molar-refractivity contribution in [2.24, 2.45) is 5.92 Å². The van der Waals surface area contributed by atoms with Gasteiger partial charge in [0.15, 0.2) is 0 Å². The summed E-state index contributed by atoms with van der Waals surface area (Å²) in [5, 5.41) is 8.55. The molecule has 0 aliphatic heterocycles. The first kappa shape index (κ1) is 28.7. The van der Waals surface area contributed by atoms with E-state index in [9.17, 15) is 0 Å². The molecule has 0 aromatic heterocycles. The molecule has 176 valence electrons. The highest BCUT2D eigenvalue weighted by atomic mass is 16.6. The number of ether oxygens (including phenoxy) is 6. The van der Waals surface area contributed by atoms with Crippen LogP contribution >= 0.6 is 0 Å². The Morgan fingerprint density at radius 3 is 1.38 bits per heavy atom. The predicted octanol–water partition coefficient (Wildman–Crippen LogP) is 3.07. The zero-order chi connectivity index (χ0) is 21.3. The average molecular weight is 423 g/mol. The smallest absolute Gasteiger partial charge is 0.0701 e. The Morgan fingerprint density at radius 2 is 0.966 bits per heavy atom. The van der Waals surface area contributed by atoms with Crippen molar-refractivity contribution in [1.82, 2.24) is 0 Å². The van der Waals surface area contributed by atoms with Gasteiger partial charge in [-0.05, 0) is 18.8 Å². The maximum Gasteiger partial charge on any atom is 0.0701 e. The summed E-state index contributed by atoms with van der Waals surface area (Å²) in [6.45, 7) is 11.3. The van der Waals surface area contributed by atoms with Crippen molar-refractivity contribution in [3.8, 4) is 0 Å². The van der Waals surface area contributed by atoms with Crippen LogP contribution in [0.3, 0.4) is 0 Å². The zero-order valence-electron chi connectivity index (χ0n) is 18.9. The second-order valence-electron chi connectivity index (χ2n) is 7.01. The highest BCUT2D eigenvalue weighted by Gasteiger charge is 2.07. The van der Waals surface area contributed by atoms with Crippen molar-refractivity contribution >= 4 is 0 Å². The van der Waals surface area contributed by atoms with Crippen LogP contribution in [0, 0.1) is 5.92 Å². The van der Waals surface area contributed by atoms with Crippen LogP contribution in [0.2, 0.25) is 0 Å². The highest BCUT2D eigenvalue weighted by molar-refractivity contribution is 4.58. The third kappa shape index (κ3) is 23.9. The number of unbranched alkanes of at least 4 members (excludes halogenated alkanes) is 2. The van der Waals surface area contributed by atoms with Crippen molar-refractivity contribution in [2.45, 2.75) is 52.4 Å². The first-order valence-electron chi connectivity index (χ1n) is 11.4. The number of rotatable bonds is 25. The van der Waals surface area contributed by atoms with Gasteiger partial charge in [-0.25, -0.2) is 0 Å². The van der Waals surface area contributed by atoms with Gasteiger partial charge in [-0.15, -0.1) is 0 Å². The van der Waals surface area contributed by atoms with E-state index in [4.69, 9.17) is 33.5 Å². The van der Waals surface area contributed by atoms with Gasteiger partial charge in [-0.2, -0.15) is 0 Å². The van der Waals surface area contributed by atoms with E-state index in [2.05, 4.69) is 13.8 Å². The normalized spacial score (nSPS) is 12.5. The minimum absolute atomic E-state index is 0.0423. The molecule has 7 heteroatoms.